The number of amides is 1. The maximum absolute atomic E-state index is 12.8. The molecule has 1 heterocycles. The van der Waals surface area contributed by atoms with Crippen LogP contribution in [0.4, 0.5) is 0 Å². The lowest BCUT2D eigenvalue weighted by atomic mass is 10.0. The third-order valence-corrected chi connectivity index (χ3v) is 6.61. The quantitative estimate of drug-likeness (QED) is 0.714. The van der Waals surface area contributed by atoms with Crippen molar-refractivity contribution in [3.8, 4) is 0 Å². The van der Waals surface area contributed by atoms with Crippen molar-refractivity contribution in [1.29, 1.82) is 0 Å². The van der Waals surface area contributed by atoms with E-state index in [0.29, 0.717) is 6.04 Å². The highest BCUT2D eigenvalue weighted by Gasteiger charge is 2.26. The molecule has 1 aliphatic heterocycles. The monoisotopic (exact) mass is 380 g/mol. The summed E-state index contributed by atoms with van der Waals surface area (Å²) in [5.41, 5.74) is 2.07. The van der Waals surface area contributed by atoms with Gasteiger partial charge in [-0.15, -0.1) is 11.8 Å². The molecule has 4 heteroatoms. The van der Waals surface area contributed by atoms with E-state index in [2.05, 4.69) is 41.7 Å². The molecule has 1 saturated heterocycles. The van der Waals surface area contributed by atoms with E-state index in [1.165, 1.54) is 29.8 Å². The van der Waals surface area contributed by atoms with Crippen LogP contribution in [0.3, 0.4) is 0 Å². The highest BCUT2D eigenvalue weighted by atomic mass is 32.2. The Morgan fingerprint density at radius 3 is 2.33 bits per heavy atom. The first-order valence-electron chi connectivity index (χ1n) is 10.1. The average Bonchev–Trinajstić information content (AvgIpc) is 3.56. The molecular weight excluding hydrogens is 352 g/mol. The van der Waals surface area contributed by atoms with Gasteiger partial charge in [0.2, 0.25) is 0 Å². The molecule has 0 unspecified atom stereocenters. The van der Waals surface area contributed by atoms with Crippen molar-refractivity contribution in [3.05, 3.63) is 65.7 Å². The van der Waals surface area contributed by atoms with Gasteiger partial charge in [0, 0.05) is 35.3 Å². The Kier molecular flexibility index (Phi) is 6.15. The average molecular weight is 381 g/mol. The van der Waals surface area contributed by atoms with Crippen molar-refractivity contribution in [2.24, 2.45) is 5.92 Å². The standard InChI is InChI=1S/C23H28N2OS/c26-23(25-14-12-21(13-15-25)24-16-18-6-7-18)20-10-8-19(9-11-20)17-27-22-4-2-1-3-5-22/h1-5,8-11,18,21,24H,6-7,12-17H2. The summed E-state index contributed by atoms with van der Waals surface area (Å²) in [7, 11) is 0. The van der Waals surface area contributed by atoms with Gasteiger partial charge in [-0.25, -0.2) is 0 Å². The van der Waals surface area contributed by atoms with Crippen molar-refractivity contribution in [2.75, 3.05) is 19.6 Å². The Morgan fingerprint density at radius 2 is 1.67 bits per heavy atom. The van der Waals surface area contributed by atoms with Gasteiger partial charge in [0.05, 0.1) is 0 Å². The van der Waals surface area contributed by atoms with Gasteiger partial charge in [-0.1, -0.05) is 30.3 Å². The van der Waals surface area contributed by atoms with Gasteiger partial charge in [-0.3, -0.25) is 4.79 Å². The molecule has 1 N–H and O–H groups in total. The Balaban J connectivity index is 1.25. The highest BCUT2D eigenvalue weighted by Crippen LogP contribution is 2.28. The molecule has 0 bridgehead atoms. The van der Waals surface area contributed by atoms with E-state index < -0.39 is 0 Å². The van der Waals surface area contributed by atoms with Crippen LogP contribution in [0.2, 0.25) is 0 Å². The summed E-state index contributed by atoms with van der Waals surface area (Å²) in [6.07, 6.45) is 4.93. The lowest BCUT2D eigenvalue weighted by Gasteiger charge is -2.32. The summed E-state index contributed by atoms with van der Waals surface area (Å²) in [5.74, 6) is 2.03. The summed E-state index contributed by atoms with van der Waals surface area (Å²) in [5, 5.41) is 3.68. The summed E-state index contributed by atoms with van der Waals surface area (Å²) < 4.78 is 0. The topological polar surface area (TPSA) is 32.3 Å². The number of benzene rings is 2. The van der Waals surface area contributed by atoms with Crippen molar-refractivity contribution in [2.45, 2.75) is 42.4 Å². The van der Waals surface area contributed by atoms with Gasteiger partial charge in [0.25, 0.3) is 5.91 Å². The molecular formula is C23H28N2OS. The Morgan fingerprint density at radius 1 is 0.963 bits per heavy atom. The zero-order chi connectivity index (χ0) is 18.5. The van der Waals surface area contributed by atoms with Gasteiger partial charge in [0.15, 0.2) is 0 Å². The molecule has 0 atom stereocenters. The lowest BCUT2D eigenvalue weighted by Crippen LogP contribution is -2.45. The van der Waals surface area contributed by atoms with Crippen LogP contribution in [0.25, 0.3) is 0 Å². The minimum Gasteiger partial charge on any atom is -0.339 e. The Labute approximate surface area is 166 Å². The van der Waals surface area contributed by atoms with Crippen LogP contribution in [0.15, 0.2) is 59.5 Å². The molecule has 3 nitrogen and oxygen atoms in total. The van der Waals surface area contributed by atoms with E-state index in [-0.39, 0.29) is 5.91 Å². The number of hydrogen-bond donors (Lipinski definition) is 1. The third kappa shape index (κ3) is 5.36. The van der Waals surface area contributed by atoms with Crippen molar-refractivity contribution < 1.29 is 4.79 Å². The van der Waals surface area contributed by atoms with Crippen LogP contribution in [-0.2, 0) is 5.75 Å². The van der Waals surface area contributed by atoms with E-state index in [4.69, 9.17) is 0 Å². The summed E-state index contributed by atoms with van der Waals surface area (Å²) in [6.45, 7) is 2.90. The molecule has 0 aromatic heterocycles. The largest absolute Gasteiger partial charge is 0.339 e. The number of carbonyl (C=O) groups is 1. The number of nitrogens with zero attached hydrogens (tertiary/aromatic N) is 1. The first-order chi connectivity index (χ1) is 13.3. The molecule has 2 fully saturated rings. The molecule has 4 rings (SSSR count). The second kappa shape index (κ2) is 8.94. The minimum atomic E-state index is 0.179. The smallest absolute Gasteiger partial charge is 0.253 e. The van der Waals surface area contributed by atoms with Crippen LogP contribution in [0, 0.1) is 5.92 Å². The van der Waals surface area contributed by atoms with Crippen molar-refractivity contribution in [3.63, 3.8) is 0 Å². The predicted molar refractivity (Wildman–Crippen MR) is 112 cm³/mol. The van der Waals surface area contributed by atoms with Gasteiger partial charge >= 0.3 is 0 Å². The first kappa shape index (κ1) is 18.6. The zero-order valence-electron chi connectivity index (χ0n) is 15.8. The Bertz CT molecular complexity index is 735. The fourth-order valence-corrected chi connectivity index (χ4v) is 4.43. The lowest BCUT2D eigenvalue weighted by molar-refractivity contribution is 0.0705. The zero-order valence-corrected chi connectivity index (χ0v) is 16.6. The van der Waals surface area contributed by atoms with Crippen molar-refractivity contribution in [1.82, 2.24) is 10.2 Å². The summed E-state index contributed by atoms with van der Waals surface area (Å²) in [6, 6.07) is 19.2. The number of nitrogens with one attached hydrogen (secondary N) is 1. The van der Waals surface area contributed by atoms with Gasteiger partial charge in [-0.2, -0.15) is 0 Å². The molecule has 1 aliphatic carbocycles. The molecule has 142 valence electrons. The Hall–Kier alpha value is -1.78. The van der Waals surface area contributed by atoms with E-state index in [1.54, 1.807) is 0 Å². The van der Waals surface area contributed by atoms with Crippen LogP contribution in [-0.4, -0.2) is 36.5 Å². The maximum Gasteiger partial charge on any atom is 0.253 e. The molecule has 0 radical (unpaired) electrons. The number of piperidine rings is 1. The summed E-state index contributed by atoms with van der Waals surface area (Å²) >= 11 is 1.82. The fraction of sp³-hybridized carbons (Fsp3) is 0.435. The number of rotatable bonds is 7. The molecule has 1 saturated carbocycles. The van der Waals surface area contributed by atoms with Crippen LogP contribution in [0.1, 0.15) is 41.6 Å². The SMILES string of the molecule is O=C(c1ccc(CSc2ccccc2)cc1)N1CCC(NCC2CC2)CC1. The van der Waals surface area contributed by atoms with E-state index in [0.717, 1.165) is 43.2 Å². The van der Waals surface area contributed by atoms with Crippen LogP contribution in [0.5, 0.6) is 0 Å². The van der Waals surface area contributed by atoms with Crippen LogP contribution >= 0.6 is 11.8 Å². The second-order valence-corrected chi connectivity index (χ2v) is 8.77. The van der Waals surface area contributed by atoms with Crippen molar-refractivity contribution >= 4 is 17.7 Å². The molecule has 2 aliphatic rings. The number of likely N-dealkylation sites (tertiary alicyclic amines) is 1. The molecule has 0 spiro atoms. The number of hydrogen-bond acceptors (Lipinski definition) is 3. The van der Waals surface area contributed by atoms with Gasteiger partial charge < -0.3 is 10.2 Å². The van der Waals surface area contributed by atoms with E-state index in [9.17, 15) is 4.79 Å². The van der Waals surface area contributed by atoms with E-state index in [1.807, 2.05) is 34.9 Å². The number of carbonyl (C=O) groups excluding carboxylic acids is 1. The molecule has 2 aromatic carbocycles. The van der Waals surface area contributed by atoms with E-state index >= 15 is 0 Å². The molecule has 27 heavy (non-hydrogen) atoms. The first-order valence-corrected chi connectivity index (χ1v) is 11.1. The van der Waals surface area contributed by atoms with Gasteiger partial charge in [-0.05, 0) is 68.0 Å². The molecule has 2 aromatic rings. The predicted octanol–water partition coefficient (Wildman–Crippen LogP) is 4.58. The minimum absolute atomic E-state index is 0.179. The maximum atomic E-state index is 12.8. The second-order valence-electron chi connectivity index (χ2n) is 7.72. The third-order valence-electron chi connectivity index (χ3n) is 5.52. The summed E-state index contributed by atoms with van der Waals surface area (Å²) in [4.78, 5) is 16.1. The fourth-order valence-electron chi connectivity index (χ4n) is 3.55. The highest BCUT2D eigenvalue weighted by molar-refractivity contribution is 7.98. The normalized spacial score (nSPS) is 17.9. The van der Waals surface area contributed by atoms with Gasteiger partial charge in [0.1, 0.15) is 0 Å². The molecule has 1 amide bonds. The number of thioether (sulfide) groups is 1. The van der Waals surface area contributed by atoms with Crippen LogP contribution < -0.4 is 5.32 Å².